The highest BCUT2D eigenvalue weighted by Crippen LogP contribution is 2.10. The standard InChI is InChI=1S/C25H14O5/c26-16-21-12-19(9-7-17-3-1-5-22(14-17)24(27)28)11-20(13-21)10-8-18-4-2-6-23(15-18)25(29)30/h1-6,11-16H,(H,27,28)(H,29,30). The molecule has 3 rings (SSSR count). The molecule has 30 heavy (non-hydrogen) atoms. The number of carboxylic acids is 2. The van der Waals surface area contributed by atoms with Crippen LogP contribution < -0.4 is 0 Å². The first-order valence-electron chi connectivity index (χ1n) is 8.75. The van der Waals surface area contributed by atoms with Crippen molar-refractivity contribution in [3.63, 3.8) is 0 Å². The second-order valence-electron chi connectivity index (χ2n) is 6.23. The number of carbonyl (C=O) groups excluding carboxylic acids is 1. The molecular formula is C25H14O5. The van der Waals surface area contributed by atoms with E-state index in [1.807, 2.05) is 0 Å². The first-order chi connectivity index (χ1) is 14.4. The molecule has 0 radical (unpaired) electrons. The second-order valence-corrected chi connectivity index (χ2v) is 6.23. The highest BCUT2D eigenvalue weighted by molar-refractivity contribution is 5.88. The van der Waals surface area contributed by atoms with E-state index in [2.05, 4.69) is 23.7 Å². The third kappa shape index (κ3) is 5.22. The van der Waals surface area contributed by atoms with Gasteiger partial charge in [-0.25, -0.2) is 9.59 Å². The largest absolute Gasteiger partial charge is 0.478 e. The first-order valence-corrected chi connectivity index (χ1v) is 8.75. The fourth-order valence-corrected chi connectivity index (χ4v) is 2.61. The molecule has 3 aromatic carbocycles. The zero-order valence-corrected chi connectivity index (χ0v) is 15.5. The van der Waals surface area contributed by atoms with Gasteiger partial charge in [-0.15, -0.1) is 0 Å². The van der Waals surface area contributed by atoms with Crippen LogP contribution in [0.4, 0.5) is 0 Å². The summed E-state index contributed by atoms with van der Waals surface area (Å²) in [4.78, 5) is 33.4. The number of aromatic carboxylic acids is 2. The van der Waals surface area contributed by atoms with Gasteiger partial charge < -0.3 is 10.2 Å². The number of hydrogen-bond donors (Lipinski definition) is 2. The molecule has 0 unspecified atom stereocenters. The topological polar surface area (TPSA) is 91.7 Å². The van der Waals surface area contributed by atoms with Gasteiger partial charge in [0.25, 0.3) is 0 Å². The second kappa shape index (κ2) is 9.05. The molecule has 0 spiro atoms. The van der Waals surface area contributed by atoms with Gasteiger partial charge in [0.05, 0.1) is 11.1 Å². The van der Waals surface area contributed by atoms with Gasteiger partial charge in [-0.3, -0.25) is 4.79 Å². The summed E-state index contributed by atoms with van der Waals surface area (Å²) >= 11 is 0. The van der Waals surface area contributed by atoms with Crippen LogP contribution in [0.25, 0.3) is 0 Å². The van der Waals surface area contributed by atoms with E-state index in [9.17, 15) is 14.4 Å². The van der Waals surface area contributed by atoms with E-state index in [-0.39, 0.29) is 11.1 Å². The van der Waals surface area contributed by atoms with E-state index < -0.39 is 11.9 Å². The number of benzene rings is 3. The molecule has 0 saturated heterocycles. The summed E-state index contributed by atoms with van der Waals surface area (Å²) in [6, 6.07) is 17.4. The highest BCUT2D eigenvalue weighted by Gasteiger charge is 2.03. The Bertz CT molecular complexity index is 1190. The van der Waals surface area contributed by atoms with Crippen molar-refractivity contribution in [3.8, 4) is 23.7 Å². The van der Waals surface area contributed by atoms with E-state index in [1.165, 1.54) is 24.3 Å². The van der Waals surface area contributed by atoms with Crippen LogP contribution in [0.5, 0.6) is 0 Å². The minimum absolute atomic E-state index is 0.138. The Morgan fingerprint density at radius 2 is 1.07 bits per heavy atom. The number of aldehydes is 1. The van der Waals surface area contributed by atoms with Gasteiger partial charge in [0, 0.05) is 27.8 Å². The molecular weight excluding hydrogens is 380 g/mol. The zero-order valence-electron chi connectivity index (χ0n) is 15.5. The van der Waals surface area contributed by atoms with E-state index >= 15 is 0 Å². The van der Waals surface area contributed by atoms with E-state index in [0.717, 1.165) is 0 Å². The summed E-state index contributed by atoms with van der Waals surface area (Å²) in [5.74, 6) is 9.53. The molecule has 5 nitrogen and oxygen atoms in total. The Balaban J connectivity index is 1.94. The fourth-order valence-electron chi connectivity index (χ4n) is 2.61. The quantitative estimate of drug-likeness (QED) is 0.522. The van der Waals surface area contributed by atoms with Crippen LogP contribution in [0.1, 0.15) is 53.3 Å². The summed E-state index contributed by atoms with van der Waals surface area (Å²) in [6.45, 7) is 0. The van der Waals surface area contributed by atoms with Crippen molar-refractivity contribution in [2.45, 2.75) is 0 Å². The zero-order chi connectivity index (χ0) is 21.5. The Morgan fingerprint density at radius 1 is 0.633 bits per heavy atom. The van der Waals surface area contributed by atoms with Crippen LogP contribution in [-0.2, 0) is 0 Å². The van der Waals surface area contributed by atoms with Crippen molar-refractivity contribution in [2.24, 2.45) is 0 Å². The monoisotopic (exact) mass is 394 g/mol. The van der Waals surface area contributed by atoms with Crippen molar-refractivity contribution >= 4 is 18.2 Å². The predicted molar refractivity (Wildman–Crippen MR) is 111 cm³/mol. The molecule has 5 heteroatoms. The lowest BCUT2D eigenvalue weighted by atomic mass is 10.0. The smallest absolute Gasteiger partial charge is 0.335 e. The maximum atomic E-state index is 11.3. The van der Waals surface area contributed by atoms with Crippen LogP contribution >= 0.6 is 0 Å². The van der Waals surface area contributed by atoms with Gasteiger partial charge in [0.1, 0.15) is 6.29 Å². The van der Waals surface area contributed by atoms with Crippen LogP contribution in [0.2, 0.25) is 0 Å². The van der Waals surface area contributed by atoms with Crippen LogP contribution in [0.3, 0.4) is 0 Å². The Morgan fingerprint density at radius 3 is 1.47 bits per heavy atom. The van der Waals surface area contributed by atoms with Gasteiger partial charge in [0.2, 0.25) is 0 Å². The van der Waals surface area contributed by atoms with Gasteiger partial charge >= 0.3 is 11.9 Å². The van der Waals surface area contributed by atoms with Gasteiger partial charge in [-0.2, -0.15) is 0 Å². The Labute approximate surface area is 172 Å². The summed E-state index contributed by atoms with van der Waals surface area (Å²) in [7, 11) is 0. The third-order valence-electron chi connectivity index (χ3n) is 4.01. The number of hydrogen-bond acceptors (Lipinski definition) is 3. The lowest BCUT2D eigenvalue weighted by Crippen LogP contribution is -1.95. The van der Waals surface area contributed by atoms with Crippen molar-refractivity contribution < 1.29 is 24.6 Å². The van der Waals surface area contributed by atoms with E-state index in [4.69, 9.17) is 10.2 Å². The molecule has 0 bridgehead atoms. The maximum absolute atomic E-state index is 11.3. The molecule has 0 atom stereocenters. The fraction of sp³-hybridized carbons (Fsp3) is 0. The Kier molecular flexibility index (Phi) is 6.08. The third-order valence-corrected chi connectivity index (χ3v) is 4.01. The average molecular weight is 394 g/mol. The van der Waals surface area contributed by atoms with Crippen LogP contribution in [-0.4, -0.2) is 28.4 Å². The average Bonchev–Trinajstić information content (AvgIpc) is 2.76. The minimum atomic E-state index is -1.04. The molecule has 144 valence electrons. The maximum Gasteiger partial charge on any atom is 0.335 e. The lowest BCUT2D eigenvalue weighted by Gasteiger charge is -1.98. The van der Waals surface area contributed by atoms with Gasteiger partial charge in [-0.1, -0.05) is 35.8 Å². The number of rotatable bonds is 3. The predicted octanol–water partition coefficient (Wildman–Crippen LogP) is 3.70. The van der Waals surface area contributed by atoms with Crippen LogP contribution in [0.15, 0.2) is 66.7 Å². The molecule has 0 amide bonds. The van der Waals surface area contributed by atoms with Crippen LogP contribution in [0, 0.1) is 23.7 Å². The van der Waals surface area contributed by atoms with E-state index in [1.54, 1.807) is 42.5 Å². The van der Waals surface area contributed by atoms with E-state index in [0.29, 0.717) is 34.1 Å². The molecule has 2 N–H and O–H groups in total. The number of carboxylic acid groups (broad SMARTS) is 2. The molecule has 0 heterocycles. The molecule has 0 aliphatic heterocycles. The highest BCUT2D eigenvalue weighted by atomic mass is 16.4. The first kappa shape index (κ1) is 20.1. The summed E-state index contributed by atoms with van der Waals surface area (Å²) in [5.41, 5.74) is 2.82. The summed E-state index contributed by atoms with van der Waals surface area (Å²) in [6.07, 6.45) is 0.687. The normalized spacial score (nSPS) is 9.47. The van der Waals surface area contributed by atoms with Crippen molar-refractivity contribution in [1.29, 1.82) is 0 Å². The molecule has 3 aromatic rings. The molecule has 0 aliphatic carbocycles. The molecule has 0 fully saturated rings. The number of carbonyl (C=O) groups is 3. The molecule has 0 saturated carbocycles. The Hall–Kier alpha value is -4.61. The summed E-state index contributed by atoms with van der Waals surface area (Å²) in [5, 5.41) is 18.1. The van der Waals surface area contributed by atoms with Crippen molar-refractivity contribution in [3.05, 3.63) is 106 Å². The summed E-state index contributed by atoms with van der Waals surface area (Å²) < 4.78 is 0. The lowest BCUT2D eigenvalue weighted by molar-refractivity contribution is 0.0686. The molecule has 0 aromatic heterocycles. The van der Waals surface area contributed by atoms with Gasteiger partial charge in [-0.05, 0) is 54.6 Å². The minimum Gasteiger partial charge on any atom is -0.478 e. The van der Waals surface area contributed by atoms with Gasteiger partial charge in [0.15, 0.2) is 0 Å². The van der Waals surface area contributed by atoms with Crippen molar-refractivity contribution in [1.82, 2.24) is 0 Å². The SMILES string of the molecule is O=Cc1cc(C#Cc2cccc(C(=O)O)c2)cc(C#Cc2cccc(C(=O)O)c2)c1. The molecule has 0 aliphatic rings. The van der Waals surface area contributed by atoms with Crippen molar-refractivity contribution in [2.75, 3.05) is 0 Å².